The second-order valence-corrected chi connectivity index (χ2v) is 8.93. The van der Waals surface area contributed by atoms with Crippen LogP contribution in [-0.4, -0.2) is 44.5 Å². The summed E-state index contributed by atoms with van der Waals surface area (Å²) in [6.07, 6.45) is -0.776. The molecule has 0 saturated heterocycles. The zero-order chi connectivity index (χ0) is 25.7. The van der Waals surface area contributed by atoms with Gasteiger partial charge in [0.25, 0.3) is 0 Å². The average molecular weight is 487 g/mol. The summed E-state index contributed by atoms with van der Waals surface area (Å²) in [5, 5.41) is 21.7. The third-order valence-corrected chi connectivity index (χ3v) is 6.18. The number of amides is 2. The van der Waals surface area contributed by atoms with E-state index in [1.807, 2.05) is 95.8 Å². The van der Waals surface area contributed by atoms with E-state index in [2.05, 4.69) is 10.3 Å². The molecule has 3 aromatic carbocycles. The zero-order valence-electron chi connectivity index (χ0n) is 20.4. The minimum atomic E-state index is -1.30. The molecule has 0 fully saturated rings. The van der Waals surface area contributed by atoms with E-state index in [1.165, 1.54) is 0 Å². The second-order valence-electron chi connectivity index (χ2n) is 8.93. The SMILES string of the molecule is Cc1ccc(CC(CNC(=O)CO)n2c(=NC(=O)O)n(Cc3ccc(C)cc3)c3ccccc32)cc1. The van der Waals surface area contributed by atoms with Gasteiger partial charge in [0.2, 0.25) is 11.5 Å². The number of carbonyl (C=O) groups is 2. The normalized spacial score (nSPS) is 12.6. The van der Waals surface area contributed by atoms with Crippen LogP contribution in [0.5, 0.6) is 0 Å². The molecule has 0 radical (unpaired) electrons. The van der Waals surface area contributed by atoms with Crippen molar-refractivity contribution in [2.75, 3.05) is 13.2 Å². The monoisotopic (exact) mass is 486 g/mol. The number of nitrogens with zero attached hydrogens (tertiary/aromatic N) is 3. The first-order valence-corrected chi connectivity index (χ1v) is 11.8. The lowest BCUT2D eigenvalue weighted by Crippen LogP contribution is -2.38. The van der Waals surface area contributed by atoms with E-state index in [1.54, 1.807) is 0 Å². The van der Waals surface area contributed by atoms with Gasteiger partial charge in [0, 0.05) is 6.54 Å². The Labute approximate surface area is 209 Å². The van der Waals surface area contributed by atoms with E-state index in [0.717, 1.165) is 33.3 Å². The Kier molecular flexibility index (Phi) is 7.65. The average Bonchev–Trinajstić information content (AvgIpc) is 3.16. The summed E-state index contributed by atoms with van der Waals surface area (Å²) in [7, 11) is 0. The molecule has 0 aliphatic heterocycles. The van der Waals surface area contributed by atoms with Crippen LogP contribution in [0.25, 0.3) is 11.0 Å². The number of imidazole rings is 1. The maximum atomic E-state index is 12.0. The molecule has 8 heteroatoms. The molecule has 0 spiro atoms. The summed E-state index contributed by atoms with van der Waals surface area (Å²) in [6.45, 7) is 4.03. The van der Waals surface area contributed by atoms with Gasteiger partial charge in [0.1, 0.15) is 6.61 Å². The molecule has 0 saturated carbocycles. The number of hydrogen-bond acceptors (Lipinski definition) is 3. The number of rotatable bonds is 8. The first kappa shape index (κ1) is 24.9. The fourth-order valence-electron chi connectivity index (χ4n) is 4.37. The molecular weight excluding hydrogens is 456 g/mol. The molecule has 1 unspecified atom stereocenters. The number of aliphatic hydroxyl groups excluding tert-OH is 1. The van der Waals surface area contributed by atoms with Crippen LogP contribution < -0.4 is 10.9 Å². The summed E-state index contributed by atoms with van der Waals surface area (Å²) in [4.78, 5) is 27.8. The van der Waals surface area contributed by atoms with Crippen LogP contribution in [0.3, 0.4) is 0 Å². The minimum absolute atomic E-state index is 0.193. The number of aromatic nitrogens is 2. The van der Waals surface area contributed by atoms with Crippen LogP contribution in [0.4, 0.5) is 4.79 Å². The van der Waals surface area contributed by atoms with E-state index >= 15 is 0 Å². The highest BCUT2D eigenvalue weighted by molar-refractivity contribution is 5.78. The Morgan fingerprint density at radius 2 is 1.47 bits per heavy atom. The third-order valence-electron chi connectivity index (χ3n) is 6.18. The Morgan fingerprint density at radius 3 is 2.06 bits per heavy atom. The summed E-state index contributed by atoms with van der Waals surface area (Å²) >= 11 is 0. The van der Waals surface area contributed by atoms with Gasteiger partial charge >= 0.3 is 6.09 Å². The first-order valence-electron chi connectivity index (χ1n) is 11.8. The molecule has 186 valence electrons. The first-order chi connectivity index (χ1) is 17.4. The molecule has 0 aliphatic rings. The summed E-state index contributed by atoms with van der Waals surface area (Å²) in [5.74, 6) is -0.496. The minimum Gasteiger partial charge on any atom is -0.463 e. The number of hydrogen-bond donors (Lipinski definition) is 3. The van der Waals surface area contributed by atoms with Crippen LogP contribution in [0.2, 0.25) is 0 Å². The third kappa shape index (κ3) is 5.72. The molecule has 36 heavy (non-hydrogen) atoms. The topological polar surface area (TPSA) is 109 Å². The van der Waals surface area contributed by atoms with Gasteiger partial charge in [-0.1, -0.05) is 71.8 Å². The largest absolute Gasteiger partial charge is 0.463 e. The maximum absolute atomic E-state index is 12.0. The van der Waals surface area contributed by atoms with Crippen LogP contribution in [0.1, 0.15) is 28.3 Å². The number of carboxylic acid groups (broad SMARTS) is 1. The second kappa shape index (κ2) is 11.0. The predicted octanol–water partition coefficient (Wildman–Crippen LogP) is 3.58. The van der Waals surface area contributed by atoms with Gasteiger partial charge in [-0.05, 0) is 43.5 Å². The lowest BCUT2D eigenvalue weighted by molar-refractivity contribution is -0.123. The highest BCUT2D eigenvalue weighted by atomic mass is 16.4. The van der Waals surface area contributed by atoms with E-state index < -0.39 is 18.6 Å². The molecule has 2 amide bonds. The molecule has 4 aromatic rings. The van der Waals surface area contributed by atoms with Crippen LogP contribution in [-0.2, 0) is 17.8 Å². The van der Waals surface area contributed by atoms with Crippen molar-refractivity contribution in [1.82, 2.24) is 14.5 Å². The molecular formula is C28H30N4O4. The number of aliphatic hydroxyl groups is 1. The smallest absolute Gasteiger partial charge is 0.434 e. The molecule has 4 rings (SSSR count). The van der Waals surface area contributed by atoms with Gasteiger partial charge in [-0.25, -0.2) is 4.79 Å². The van der Waals surface area contributed by atoms with Gasteiger partial charge in [-0.2, -0.15) is 0 Å². The predicted molar refractivity (Wildman–Crippen MR) is 138 cm³/mol. The summed E-state index contributed by atoms with van der Waals surface area (Å²) in [5.41, 5.74) is 6.24. The van der Waals surface area contributed by atoms with E-state index in [9.17, 15) is 19.8 Å². The van der Waals surface area contributed by atoms with Crippen molar-refractivity contribution in [3.05, 3.63) is 101 Å². The quantitative estimate of drug-likeness (QED) is 0.354. The standard InChI is InChI=1S/C28H30N4O4/c1-19-7-11-21(12-8-19)15-23(16-29-26(34)18-33)32-25-6-4-3-5-24(25)31(27(32)30-28(35)36)17-22-13-9-20(2)10-14-22/h3-14,23,33H,15-18H2,1-2H3,(H,29,34)(H,35,36). The van der Waals surface area contributed by atoms with Gasteiger partial charge in [-0.3, -0.25) is 4.79 Å². The zero-order valence-corrected chi connectivity index (χ0v) is 20.4. The highest BCUT2D eigenvalue weighted by Crippen LogP contribution is 2.22. The highest BCUT2D eigenvalue weighted by Gasteiger charge is 2.21. The van der Waals surface area contributed by atoms with Crippen molar-refractivity contribution in [1.29, 1.82) is 0 Å². The Balaban J connectivity index is 1.90. The number of nitrogens with one attached hydrogen (secondary N) is 1. The number of carbonyl (C=O) groups excluding carboxylic acids is 1. The van der Waals surface area contributed by atoms with Gasteiger partial charge < -0.3 is 24.7 Å². The molecule has 1 aromatic heterocycles. The van der Waals surface area contributed by atoms with E-state index in [-0.39, 0.29) is 18.2 Å². The van der Waals surface area contributed by atoms with Gasteiger partial charge in [0.15, 0.2) is 0 Å². The van der Waals surface area contributed by atoms with Crippen molar-refractivity contribution < 1.29 is 19.8 Å². The van der Waals surface area contributed by atoms with Gasteiger partial charge in [0.05, 0.1) is 23.6 Å². The molecule has 3 N–H and O–H groups in total. The van der Waals surface area contributed by atoms with Crippen LogP contribution in [0, 0.1) is 13.8 Å². The lowest BCUT2D eigenvalue weighted by Gasteiger charge is -2.21. The Morgan fingerprint density at radius 1 is 0.889 bits per heavy atom. The maximum Gasteiger partial charge on any atom is 0.434 e. The van der Waals surface area contributed by atoms with Crippen molar-refractivity contribution in [3.8, 4) is 0 Å². The molecule has 0 aliphatic carbocycles. The lowest BCUT2D eigenvalue weighted by atomic mass is 10.0. The summed E-state index contributed by atoms with van der Waals surface area (Å²) in [6, 6.07) is 23.5. The van der Waals surface area contributed by atoms with Crippen LogP contribution in [0.15, 0.2) is 77.8 Å². The van der Waals surface area contributed by atoms with E-state index in [0.29, 0.717) is 13.0 Å². The van der Waals surface area contributed by atoms with Crippen molar-refractivity contribution >= 4 is 23.0 Å². The molecule has 1 heterocycles. The van der Waals surface area contributed by atoms with Crippen molar-refractivity contribution in [3.63, 3.8) is 0 Å². The van der Waals surface area contributed by atoms with Crippen molar-refractivity contribution in [2.45, 2.75) is 32.9 Å². The Hall–Kier alpha value is -4.17. The fourth-order valence-corrected chi connectivity index (χ4v) is 4.37. The molecule has 1 atom stereocenters. The number of para-hydroxylation sites is 2. The number of fused-ring (bicyclic) bond motifs is 1. The number of benzene rings is 3. The number of aryl methyl sites for hydroxylation is 2. The van der Waals surface area contributed by atoms with E-state index in [4.69, 9.17) is 0 Å². The molecule has 0 bridgehead atoms. The summed E-state index contributed by atoms with van der Waals surface area (Å²) < 4.78 is 3.78. The fraction of sp³-hybridized carbons (Fsp3) is 0.250. The van der Waals surface area contributed by atoms with Crippen molar-refractivity contribution in [2.24, 2.45) is 4.99 Å². The van der Waals surface area contributed by atoms with Gasteiger partial charge in [-0.15, -0.1) is 4.99 Å². The Bertz CT molecular complexity index is 1430. The van der Waals surface area contributed by atoms with Crippen LogP contribution >= 0.6 is 0 Å². The molecule has 8 nitrogen and oxygen atoms in total.